The molecule has 2 unspecified atom stereocenters. The summed E-state index contributed by atoms with van der Waals surface area (Å²) in [5, 5.41) is 9.22. The van der Waals surface area contributed by atoms with E-state index in [4.69, 9.17) is 4.74 Å². The minimum atomic E-state index is -2.86. The van der Waals surface area contributed by atoms with Gasteiger partial charge in [0.25, 0.3) is 0 Å². The Labute approximate surface area is 121 Å². The van der Waals surface area contributed by atoms with Gasteiger partial charge >= 0.3 is 12.6 Å². The first-order valence-electron chi connectivity index (χ1n) is 6.60. The van der Waals surface area contributed by atoms with Gasteiger partial charge in [0.15, 0.2) is 0 Å². The van der Waals surface area contributed by atoms with Gasteiger partial charge in [0.05, 0.1) is 13.2 Å². The number of alkyl halides is 2. The molecule has 0 amide bonds. The van der Waals surface area contributed by atoms with E-state index in [0.29, 0.717) is 13.2 Å². The summed E-state index contributed by atoms with van der Waals surface area (Å²) in [7, 11) is 0. The summed E-state index contributed by atoms with van der Waals surface area (Å²) < 4.78 is 33.7. The lowest BCUT2D eigenvalue weighted by atomic mass is 10.0. The van der Waals surface area contributed by atoms with Crippen molar-refractivity contribution in [2.45, 2.75) is 25.6 Å². The van der Waals surface area contributed by atoms with E-state index in [1.54, 1.807) is 12.1 Å². The molecule has 0 aromatic heterocycles. The fourth-order valence-corrected chi connectivity index (χ4v) is 2.41. The molecule has 1 aliphatic rings. The van der Waals surface area contributed by atoms with E-state index in [-0.39, 0.29) is 18.4 Å². The predicted molar refractivity (Wildman–Crippen MR) is 70.4 cm³/mol. The number of ether oxygens (including phenoxy) is 2. The van der Waals surface area contributed by atoms with Gasteiger partial charge in [-0.15, -0.1) is 0 Å². The molecule has 5 nitrogen and oxygen atoms in total. The molecule has 1 saturated heterocycles. The molecule has 1 aromatic carbocycles. The minimum Gasteiger partial charge on any atom is -0.480 e. The lowest BCUT2D eigenvalue weighted by Gasteiger charge is -2.37. The van der Waals surface area contributed by atoms with Crippen molar-refractivity contribution < 1.29 is 28.2 Å². The monoisotopic (exact) mass is 301 g/mol. The van der Waals surface area contributed by atoms with Gasteiger partial charge in [-0.25, -0.2) is 0 Å². The molecule has 1 aliphatic heterocycles. The lowest BCUT2D eigenvalue weighted by Crippen LogP contribution is -2.50. The number of carboxylic acids is 1. The molecule has 1 fully saturated rings. The highest BCUT2D eigenvalue weighted by Gasteiger charge is 2.32. The Morgan fingerprint density at radius 2 is 2.10 bits per heavy atom. The maximum Gasteiger partial charge on any atom is 0.387 e. The van der Waals surface area contributed by atoms with Crippen molar-refractivity contribution in [3.8, 4) is 5.75 Å². The third-order valence-corrected chi connectivity index (χ3v) is 3.54. The largest absolute Gasteiger partial charge is 0.480 e. The molecule has 1 N–H and O–H groups in total. The van der Waals surface area contributed by atoms with E-state index < -0.39 is 18.6 Å². The van der Waals surface area contributed by atoms with Crippen LogP contribution in [0.15, 0.2) is 24.3 Å². The van der Waals surface area contributed by atoms with Gasteiger partial charge in [0.2, 0.25) is 0 Å². The van der Waals surface area contributed by atoms with Gasteiger partial charge < -0.3 is 14.6 Å². The highest BCUT2D eigenvalue weighted by atomic mass is 19.3. The Balaban J connectivity index is 2.10. The van der Waals surface area contributed by atoms with Crippen molar-refractivity contribution in [3.63, 3.8) is 0 Å². The predicted octanol–water partition coefficient (Wildman–Crippen LogP) is 2.13. The first-order chi connectivity index (χ1) is 9.99. The number of halogens is 2. The topological polar surface area (TPSA) is 59.0 Å². The van der Waals surface area contributed by atoms with Crippen LogP contribution in [0.25, 0.3) is 0 Å². The fraction of sp³-hybridized carbons (Fsp3) is 0.500. The van der Waals surface area contributed by atoms with Crippen molar-refractivity contribution in [2.24, 2.45) is 0 Å². The Kier molecular flexibility index (Phi) is 5.08. The van der Waals surface area contributed by atoms with Gasteiger partial charge in [-0.1, -0.05) is 12.1 Å². The summed E-state index contributed by atoms with van der Waals surface area (Å²) in [6.07, 6.45) is 0. The molecule has 1 heterocycles. The number of nitrogens with zero attached hydrogens (tertiary/aromatic N) is 1. The maximum absolute atomic E-state index is 12.1. The maximum atomic E-state index is 12.1. The van der Waals surface area contributed by atoms with Crippen LogP contribution in [0.4, 0.5) is 8.78 Å². The minimum absolute atomic E-state index is 0.0812. The van der Waals surface area contributed by atoms with E-state index >= 15 is 0 Å². The Morgan fingerprint density at radius 1 is 1.43 bits per heavy atom. The van der Waals surface area contributed by atoms with Crippen LogP contribution in [0.2, 0.25) is 0 Å². The van der Waals surface area contributed by atoms with Crippen LogP contribution in [-0.2, 0) is 9.53 Å². The van der Waals surface area contributed by atoms with Crippen LogP contribution >= 0.6 is 0 Å². The number of hydrogen-bond acceptors (Lipinski definition) is 4. The van der Waals surface area contributed by atoms with Crippen LogP contribution in [0.3, 0.4) is 0 Å². The first kappa shape index (κ1) is 15.7. The normalized spacial score (nSPS) is 21.2. The SMILES string of the molecule is CC(c1ccc(OC(F)F)cc1)N1CCOCC1C(=O)O. The third-order valence-electron chi connectivity index (χ3n) is 3.54. The van der Waals surface area contributed by atoms with Crippen LogP contribution in [-0.4, -0.2) is 48.4 Å². The van der Waals surface area contributed by atoms with E-state index in [1.807, 2.05) is 11.8 Å². The van der Waals surface area contributed by atoms with E-state index in [1.165, 1.54) is 12.1 Å². The van der Waals surface area contributed by atoms with Crippen molar-refractivity contribution in [1.82, 2.24) is 4.90 Å². The van der Waals surface area contributed by atoms with Gasteiger partial charge in [0.1, 0.15) is 11.8 Å². The van der Waals surface area contributed by atoms with Gasteiger partial charge in [-0.05, 0) is 24.6 Å². The third kappa shape index (κ3) is 3.89. The zero-order chi connectivity index (χ0) is 15.4. The summed E-state index contributed by atoms with van der Waals surface area (Å²) in [6, 6.07) is 5.37. The molecule has 0 radical (unpaired) electrons. The molecule has 0 saturated carbocycles. The first-order valence-corrected chi connectivity index (χ1v) is 6.60. The molecular formula is C14H17F2NO4. The molecule has 2 atom stereocenters. The number of carbonyl (C=O) groups is 1. The van der Waals surface area contributed by atoms with Gasteiger partial charge in [-0.2, -0.15) is 8.78 Å². The zero-order valence-electron chi connectivity index (χ0n) is 11.5. The lowest BCUT2D eigenvalue weighted by molar-refractivity contribution is -0.151. The van der Waals surface area contributed by atoms with Gasteiger partial charge in [-0.3, -0.25) is 9.69 Å². The summed E-state index contributed by atoms with van der Waals surface area (Å²) in [5.41, 5.74) is 0.838. The number of aliphatic carboxylic acids is 1. The number of benzene rings is 1. The molecule has 1 aromatic rings. The summed E-state index contributed by atoms with van der Waals surface area (Å²) >= 11 is 0. The average molecular weight is 301 g/mol. The number of morpholine rings is 1. The average Bonchev–Trinajstić information content (AvgIpc) is 2.46. The summed E-state index contributed by atoms with van der Waals surface area (Å²) in [4.78, 5) is 13.1. The van der Waals surface area contributed by atoms with Crippen molar-refractivity contribution in [3.05, 3.63) is 29.8 Å². The van der Waals surface area contributed by atoms with Crippen LogP contribution < -0.4 is 4.74 Å². The van der Waals surface area contributed by atoms with Gasteiger partial charge in [0, 0.05) is 12.6 Å². The second kappa shape index (κ2) is 6.82. The molecule has 0 spiro atoms. The van der Waals surface area contributed by atoms with Crippen LogP contribution in [0, 0.1) is 0 Å². The zero-order valence-corrected chi connectivity index (χ0v) is 11.5. The summed E-state index contributed by atoms with van der Waals surface area (Å²) in [6.45, 7) is 0.147. The molecule has 21 heavy (non-hydrogen) atoms. The molecule has 0 bridgehead atoms. The Hall–Kier alpha value is -1.73. The standard InChI is InChI=1S/C14H17F2NO4/c1-9(17-6-7-20-8-12(17)13(18)19)10-2-4-11(5-3-10)21-14(15)16/h2-5,9,12,14H,6-8H2,1H3,(H,18,19). The summed E-state index contributed by atoms with van der Waals surface area (Å²) in [5.74, 6) is -0.850. The second-order valence-corrected chi connectivity index (χ2v) is 4.79. The number of carboxylic acid groups (broad SMARTS) is 1. The Morgan fingerprint density at radius 3 is 2.67 bits per heavy atom. The molecule has 116 valence electrons. The second-order valence-electron chi connectivity index (χ2n) is 4.79. The number of rotatable bonds is 5. The highest BCUT2D eigenvalue weighted by Crippen LogP contribution is 2.26. The Bertz CT molecular complexity index is 480. The quantitative estimate of drug-likeness (QED) is 0.903. The van der Waals surface area contributed by atoms with Crippen molar-refractivity contribution in [1.29, 1.82) is 0 Å². The van der Waals surface area contributed by atoms with Crippen LogP contribution in [0.1, 0.15) is 18.5 Å². The molecule has 0 aliphatic carbocycles. The number of hydrogen-bond donors (Lipinski definition) is 1. The highest BCUT2D eigenvalue weighted by molar-refractivity contribution is 5.73. The molecule has 2 rings (SSSR count). The van der Waals surface area contributed by atoms with E-state index in [2.05, 4.69) is 4.74 Å². The van der Waals surface area contributed by atoms with E-state index in [9.17, 15) is 18.7 Å². The van der Waals surface area contributed by atoms with E-state index in [0.717, 1.165) is 5.56 Å². The molecule has 7 heteroatoms. The van der Waals surface area contributed by atoms with Crippen molar-refractivity contribution in [2.75, 3.05) is 19.8 Å². The van der Waals surface area contributed by atoms with Crippen LogP contribution in [0.5, 0.6) is 5.75 Å². The molecular weight excluding hydrogens is 284 g/mol. The van der Waals surface area contributed by atoms with Crippen molar-refractivity contribution >= 4 is 5.97 Å². The smallest absolute Gasteiger partial charge is 0.387 e. The fourth-order valence-electron chi connectivity index (χ4n) is 2.41.